The van der Waals surface area contributed by atoms with Crippen molar-refractivity contribution in [2.75, 3.05) is 46.6 Å². The second-order valence-electron chi connectivity index (χ2n) is 9.58. The molecule has 1 fully saturated rings. The molecule has 2 aromatic rings. The van der Waals surface area contributed by atoms with Crippen molar-refractivity contribution in [3.63, 3.8) is 0 Å². The van der Waals surface area contributed by atoms with Gasteiger partial charge in [0.05, 0.1) is 13.7 Å². The van der Waals surface area contributed by atoms with Crippen LogP contribution in [-0.4, -0.2) is 79.6 Å². The molecular weight excluding hydrogens is 448 g/mol. The zero-order chi connectivity index (χ0) is 24.8. The lowest BCUT2D eigenvalue weighted by molar-refractivity contribution is -0.151. The largest absolute Gasteiger partial charge is 0.496 e. The molecule has 0 spiro atoms. The number of rotatable bonds is 8. The summed E-state index contributed by atoms with van der Waals surface area (Å²) in [4.78, 5) is 17.7. The number of aliphatic hydroxyl groups is 1. The third-order valence-electron chi connectivity index (χ3n) is 6.15. The first kappa shape index (κ1) is 25.3. The molecule has 190 valence electrons. The van der Waals surface area contributed by atoms with Crippen LogP contribution < -0.4 is 14.2 Å². The monoisotopic (exact) mass is 484 g/mol. The Morgan fingerprint density at radius 2 is 1.94 bits per heavy atom. The number of hydrogen-bond acceptors (Lipinski definition) is 7. The first-order valence-corrected chi connectivity index (χ1v) is 12.2. The molecule has 8 nitrogen and oxygen atoms in total. The van der Waals surface area contributed by atoms with E-state index in [0.717, 1.165) is 23.4 Å². The van der Waals surface area contributed by atoms with E-state index < -0.39 is 12.2 Å². The molecule has 0 aromatic heterocycles. The predicted molar refractivity (Wildman–Crippen MR) is 132 cm³/mol. The molecule has 8 heteroatoms. The van der Waals surface area contributed by atoms with E-state index in [1.807, 2.05) is 41.3 Å². The number of carbonyl (C=O) groups excluding carboxylic acids is 1. The maximum absolute atomic E-state index is 13.6. The minimum absolute atomic E-state index is 0.00837. The lowest BCUT2D eigenvalue weighted by atomic mass is 10.1. The summed E-state index contributed by atoms with van der Waals surface area (Å²) in [5.41, 5.74) is 2.04. The smallest absolute Gasteiger partial charge is 0.253 e. The Bertz CT molecular complexity index is 997. The van der Waals surface area contributed by atoms with Crippen LogP contribution in [0.4, 0.5) is 0 Å². The number of hydrogen-bond donors (Lipinski definition) is 1. The molecule has 2 aliphatic rings. The van der Waals surface area contributed by atoms with Crippen LogP contribution in [0.15, 0.2) is 42.5 Å². The fourth-order valence-electron chi connectivity index (χ4n) is 4.47. The Morgan fingerprint density at radius 3 is 2.71 bits per heavy atom. The van der Waals surface area contributed by atoms with Gasteiger partial charge in [-0.25, -0.2) is 0 Å². The summed E-state index contributed by atoms with van der Waals surface area (Å²) in [5.74, 6) is 2.35. The highest BCUT2D eigenvalue weighted by Gasteiger charge is 2.31. The average Bonchev–Trinajstić information content (AvgIpc) is 3.04. The van der Waals surface area contributed by atoms with Gasteiger partial charge in [0, 0.05) is 38.3 Å². The van der Waals surface area contributed by atoms with Gasteiger partial charge in [-0.2, -0.15) is 0 Å². The number of carbonyl (C=O) groups is 1. The number of ether oxygens (including phenoxy) is 4. The van der Waals surface area contributed by atoms with E-state index >= 15 is 0 Å². The molecule has 0 radical (unpaired) electrons. The normalized spacial score (nSPS) is 20.4. The van der Waals surface area contributed by atoms with Crippen LogP contribution in [0.3, 0.4) is 0 Å². The predicted octanol–water partition coefficient (Wildman–Crippen LogP) is 2.71. The van der Waals surface area contributed by atoms with Crippen molar-refractivity contribution in [3.8, 4) is 17.2 Å². The first-order chi connectivity index (χ1) is 16.9. The molecule has 0 unspecified atom stereocenters. The topological polar surface area (TPSA) is 80.7 Å². The van der Waals surface area contributed by atoms with Crippen LogP contribution in [0.2, 0.25) is 0 Å². The molecule has 1 amide bonds. The summed E-state index contributed by atoms with van der Waals surface area (Å²) < 4.78 is 22.8. The fourth-order valence-corrected chi connectivity index (χ4v) is 4.47. The lowest BCUT2D eigenvalue weighted by Crippen LogP contribution is -2.51. The van der Waals surface area contributed by atoms with Gasteiger partial charge in [0.2, 0.25) is 0 Å². The van der Waals surface area contributed by atoms with Crippen LogP contribution in [0.1, 0.15) is 25.0 Å². The van der Waals surface area contributed by atoms with Gasteiger partial charge in [-0.1, -0.05) is 38.1 Å². The van der Waals surface area contributed by atoms with Crippen molar-refractivity contribution in [1.29, 1.82) is 0 Å². The SMILES string of the molecule is COc1ccccc1CN1CCO[C@@H](C(=O)N(Cc2ccc3c(c2)OC[C@H](O)CO3)CC(C)C)C1. The van der Waals surface area contributed by atoms with E-state index in [2.05, 4.69) is 24.8 Å². The Morgan fingerprint density at radius 1 is 1.17 bits per heavy atom. The van der Waals surface area contributed by atoms with Crippen LogP contribution in [0, 0.1) is 5.92 Å². The molecule has 2 heterocycles. The summed E-state index contributed by atoms with van der Waals surface area (Å²) in [6.07, 6.45) is -1.18. The first-order valence-electron chi connectivity index (χ1n) is 12.2. The van der Waals surface area contributed by atoms with Gasteiger partial charge in [-0.05, 0) is 29.7 Å². The van der Waals surface area contributed by atoms with Gasteiger partial charge < -0.3 is 29.0 Å². The maximum atomic E-state index is 13.6. The molecule has 4 rings (SSSR count). The van der Waals surface area contributed by atoms with Gasteiger partial charge in [0.25, 0.3) is 5.91 Å². The summed E-state index contributed by atoms with van der Waals surface area (Å²) in [6, 6.07) is 13.6. The van der Waals surface area contributed by atoms with E-state index in [4.69, 9.17) is 18.9 Å². The number of aliphatic hydroxyl groups excluding tert-OH is 1. The highest BCUT2D eigenvalue weighted by atomic mass is 16.5. The summed E-state index contributed by atoms with van der Waals surface area (Å²) >= 11 is 0. The number of nitrogens with zero attached hydrogens (tertiary/aromatic N) is 2. The number of fused-ring (bicyclic) bond motifs is 1. The van der Waals surface area contributed by atoms with Crippen LogP contribution in [0.5, 0.6) is 17.2 Å². The Balaban J connectivity index is 1.45. The number of methoxy groups -OCH3 is 1. The fraction of sp³-hybridized carbons (Fsp3) is 0.519. The number of benzene rings is 2. The van der Waals surface area contributed by atoms with Crippen molar-refractivity contribution in [1.82, 2.24) is 9.80 Å². The van der Waals surface area contributed by atoms with E-state index in [1.54, 1.807) is 7.11 Å². The summed E-state index contributed by atoms with van der Waals surface area (Å²) in [5, 5.41) is 9.81. The molecule has 0 aliphatic carbocycles. The standard InChI is InChI=1S/C27H36N2O6/c1-19(2)13-29(14-20-8-9-24-25(12-20)35-18-22(30)17-34-24)27(31)26-16-28(10-11-33-26)15-21-6-4-5-7-23(21)32-3/h4-9,12,19,22,26,30H,10-11,13-18H2,1-3H3/t22-,26-/m1/s1. The Labute approximate surface area is 207 Å². The van der Waals surface area contributed by atoms with Gasteiger partial charge in [-0.15, -0.1) is 0 Å². The summed E-state index contributed by atoms with van der Waals surface area (Å²) in [6.45, 7) is 8.17. The molecular formula is C27H36N2O6. The third-order valence-corrected chi connectivity index (χ3v) is 6.15. The van der Waals surface area contributed by atoms with E-state index in [1.165, 1.54) is 0 Å². The second kappa shape index (κ2) is 11.7. The summed E-state index contributed by atoms with van der Waals surface area (Å²) in [7, 11) is 1.68. The molecule has 0 saturated carbocycles. The third kappa shape index (κ3) is 6.66. The molecule has 2 aromatic carbocycles. The number of amides is 1. The molecule has 0 bridgehead atoms. The average molecular weight is 485 g/mol. The van der Waals surface area contributed by atoms with Crippen molar-refractivity contribution >= 4 is 5.91 Å². The van der Waals surface area contributed by atoms with E-state index in [0.29, 0.717) is 50.2 Å². The van der Waals surface area contributed by atoms with Crippen molar-refractivity contribution < 1.29 is 28.8 Å². The highest BCUT2D eigenvalue weighted by Crippen LogP contribution is 2.31. The lowest BCUT2D eigenvalue weighted by Gasteiger charge is -2.35. The Hall–Kier alpha value is -2.81. The molecule has 35 heavy (non-hydrogen) atoms. The number of morpholine rings is 1. The molecule has 2 atom stereocenters. The number of para-hydroxylation sites is 1. The van der Waals surface area contributed by atoms with Gasteiger partial charge >= 0.3 is 0 Å². The second-order valence-corrected chi connectivity index (χ2v) is 9.58. The zero-order valence-electron chi connectivity index (χ0n) is 20.8. The molecule has 2 aliphatic heterocycles. The van der Waals surface area contributed by atoms with Crippen molar-refractivity contribution in [2.24, 2.45) is 5.92 Å². The van der Waals surface area contributed by atoms with Crippen LogP contribution in [-0.2, 0) is 22.6 Å². The molecule has 1 saturated heterocycles. The van der Waals surface area contributed by atoms with E-state index in [9.17, 15) is 9.90 Å². The van der Waals surface area contributed by atoms with Gasteiger partial charge in [0.1, 0.15) is 31.2 Å². The van der Waals surface area contributed by atoms with Gasteiger partial charge in [0.15, 0.2) is 11.5 Å². The van der Waals surface area contributed by atoms with Crippen molar-refractivity contribution in [3.05, 3.63) is 53.6 Å². The quantitative estimate of drug-likeness (QED) is 0.617. The van der Waals surface area contributed by atoms with Crippen molar-refractivity contribution in [2.45, 2.75) is 39.1 Å². The van der Waals surface area contributed by atoms with E-state index in [-0.39, 0.29) is 19.1 Å². The van der Waals surface area contributed by atoms with Crippen LogP contribution in [0.25, 0.3) is 0 Å². The molecule has 1 N–H and O–H groups in total. The van der Waals surface area contributed by atoms with Crippen LogP contribution >= 0.6 is 0 Å². The maximum Gasteiger partial charge on any atom is 0.253 e. The highest BCUT2D eigenvalue weighted by molar-refractivity contribution is 5.81. The zero-order valence-corrected chi connectivity index (χ0v) is 20.8. The minimum Gasteiger partial charge on any atom is -0.496 e. The minimum atomic E-state index is -0.660. The Kier molecular flexibility index (Phi) is 8.49. The van der Waals surface area contributed by atoms with Gasteiger partial charge in [-0.3, -0.25) is 9.69 Å².